The number of hydrogen-bond acceptors (Lipinski definition) is 3. The first-order valence-electron chi connectivity index (χ1n) is 9.81. The Morgan fingerprint density at radius 1 is 1.28 bits per heavy atom. The lowest BCUT2D eigenvalue weighted by Gasteiger charge is -2.35. The molecule has 0 radical (unpaired) electrons. The number of nitrogens with zero attached hydrogens (tertiary/aromatic N) is 3. The van der Waals surface area contributed by atoms with E-state index < -0.39 is 0 Å². The molecule has 1 aromatic heterocycles. The highest BCUT2D eigenvalue weighted by atomic mass is 16.2. The molecule has 1 unspecified atom stereocenters. The quantitative estimate of drug-likeness (QED) is 0.862. The van der Waals surface area contributed by atoms with Crippen molar-refractivity contribution in [3.05, 3.63) is 30.1 Å². The average molecular weight is 345 g/mol. The topological polar surface area (TPSA) is 48.5 Å². The van der Waals surface area contributed by atoms with Gasteiger partial charge in [-0.15, -0.1) is 0 Å². The number of rotatable bonds is 6. The van der Waals surface area contributed by atoms with Crippen LogP contribution in [0.4, 0.5) is 4.79 Å². The molecule has 1 aromatic rings. The van der Waals surface area contributed by atoms with Gasteiger partial charge in [0.05, 0.1) is 0 Å². The second-order valence-corrected chi connectivity index (χ2v) is 7.85. The zero-order valence-corrected chi connectivity index (χ0v) is 15.5. The molecule has 2 aliphatic rings. The molecule has 0 bridgehead atoms. The SMILES string of the molecule is CN(Cc1cccnc1)CC1CCCN(C(=O)NCC2CCCC2)C1. The van der Waals surface area contributed by atoms with Crippen LogP contribution in [0.1, 0.15) is 44.1 Å². The number of carbonyl (C=O) groups excluding carboxylic acids is 1. The van der Waals surface area contributed by atoms with Crippen molar-refractivity contribution >= 4 is 6.03 Å². The number of aromatic nitrogens is 1. The summed E-state index contributed by atoms with van der Waals surface area (Å²) in [5.74, 6) is 1.27. The van der Waals surface area contributed by atoms with Gasteiger partial charge in [-0.05, 0) is 56.2 Å². The fourth-order valence-electron chi connectivity index (χ4n) is 4.27. The highest BCUT2D eigenvalue weighted by molar-refractivity contribution is 5.74. The third kappa shape index (κ3) is 5.70. The number of likely N-dealkylation sites (tertiary alicyclic amines) is 1. The number of amides is 2. The average Bonchev–Trinajstić information content (AvgIpc) is 3.14. The highest BCUT2D eigenvalue weighted by Crippen LogP contribution is 2.24. The maximum atomic E-state index is 12.5. The molecule has 138 valence electrons. The van der Waals surface area contributed by atoms with Crippen LogP contribution < -0.4 is 5.32 Å². The molecule has 1 aliphatic carbocycles. The van der Waals surface area contributed by atoms with Gasteiger partial charge in [-0.3, -0.25) is 4.98 Å². The Labute approximate surface area is 151 Å². The van der Waals surface area contributed by atoms with Crippen molar-refractivity contribution in [1.82, 2.24) is 20.1 Å². The van der Waals surface area contributed by atoms with Crippen LogP contribution in [0.15, 0.2) is 24.5 Å². The lowest BCUT2D eigenvalue weighted by atomic mass is 9.97. The van der Waals surface area contributed by atoms with Crippen LogP contribution in [0, 0.1) is 11.8 Å². The molecule has 5 nitrogen and oxygen atoms in total. The van der Waals surface area contributed by atoms with Crippen LogP contribution in [0.2, 0.25) is 0 Å². The van der Waals surface area contributed by atoms with Gasteiger partial charge in [0.15, 0.2) is 0 Å². The van der Waals surface area contributed by atoms with E-state index >= 15 is 0 Å². The number of hydrogen-bond donors (Lipinski definition) is 1. The van der Waals surface area contributed by atoms with Gasteiger partial charge in [0.2, 0.25) is 0 Å². The summed E-state index contributed by atoms with van der Waals surface area (Å²) in [6.45, 7) is 4.59. The molecular weight excluding hydrogens is 312 g/mol. The van der Waals surface area contributed by atoms with Gasteiger partial charge in [-0.2, -0.15) is 0 Å². The van der Waals surface area contributed by atoms with Crippen LogP contribution in [0.25, 0.3) is 0 Å². The Balaban J connectivity index is 1.41. The van der Waals surface area contributed by atoms with Crippen molar-refractivity contribution in [3.63, 3.8) is 0 Å². The summed E-state index contributed by atoms with van der Waals surface area (Å²) in [4.78, 5) is 21.0. The third-order valence-corrected chi connectivity index (χ3v) is 5.57. The van der Waals surface area contributed by atoms with Crippen molar-refractivity contribution in [2.24, 2.45) is 11.8 Å². The van der Waals surface area contributed by atoms with Crippen molar-refractivity contribution < 1.29 is 4.79 Å². The molecule has 25 heavy (non-hydrogen) atoms. The lowest BCUT2D eigenvalue weighted by molar-refractivity contribution is 0.144. The van der Waals surface area contributed by atoms with Crippen LogP contribution in [-0.4, -0.2) is 54.0 Å². The van der Waals surface area contributed by atoms with E-state index in [0.29, 0.717) is 11.8 Å². The van der Waals surface area contributed by atoms with Crippen LogP contribution >= 0.6 is 0 Å². The van der Waals surface area contributed by atoms with Crippen LogP contribution in [0.5, 0.6) is 0 Å². The number of urea groups is 1. The second kappa shape index (κ2) is 9.18. The maximum Gasteiger partial charge on any atom is 0.317 e. The highest BCUT2D eigenvalue weighted by Gasteiger charge is 2.25. The summed E-state index contributed by atoms with van der Waals surface area (Å²) in [6.07, 6.45) is 11.3. The minimum absolute atomic E-state index is 0.145. The fraction of sp³-hybridized carbons (Fsp3) is 0.700. The summed E-state index contributed by atoms with van der Waals surface area (Å²) in [6, 6.07) is 4.25. The lowest BCUT2D eigenvalue weighted by Crippen LogP contribution is -2.48. The maximum absolute atomic E-state index is 12.5. The molecule has 2 amide bonds. The van der Waals surface area contributed by atoms with Gasteiger partial charge < -0.3 is 15.1 Å². The van der Waals surface area contributed by atoms with Crippen molar-refractivity contribution in [2.75, 3.05) is 33.2 Å². The van der Waals surface area contributed by atoms with Crippen LogP contribution in [-0.2, 0) is 6.54 Å². The fourth-order valence-corrected chi connectivity index (χ4v) is 4.27. The largest absolute Gasteiger partial charge is 0.338 e. The standard InChI is InChI=1S/C20H32N4O/c1-23(14-18-8-4-10-21-12-18)15-19-9-5-11-24(16-19)20(25)22-13-17-6-2-3-7-17/h4,8,10,12,17,19H,2-3,5-7,9,11,13-16H2,1H3,(H,22,25). The summed E-state index contributed by atoms with van der Waals surface area (Å²) < 4.78 is 0. The Bertz CT molecular complexity index is 530. The first kappa shape index (κ1) is 18.2. The Morgan fingerprint density at radius 2 is 2.08 bits per heavy atom. The molecule has 1 atom stereocenters. The van der Waals surface area contributed by atoms with Gasteiger partial charge in [0.1, 0.15) is 0 Å². The van der Waals surface area contributed by atoms with E-state index in [1.807, 2.05) is 23.4 Å². The molecule has 1 saturated heterocycles. The molecule has 1 aliphatic heterocycles. The van der Waals surface area contributed by atoms with Gasteiger partial charge in [-0.25, -0.2) is 4.79 Å². The summed E-state index contributed by atoms with van der Waals surface area (Å²) in [7, 11) is 2.16. The summed E-state index contributed by atoms with van der Waals surface area (Å²) >= 11 is 0. The number of pyridine rings is 1. The summed E-state index contributed by atoms with van der Waals surface area (Å²) in [5.41, 5.74) is 1.24. The Morgan fingerprint density at radius 3 is 2.84 bits per heavy atom. The number of piperidine rings is 1. The van der Waals surface area contributed by atoms with Crippen molar-refractivity contribution in [1.29, 1.82) is 0 Å². The number of nitrogens with one attached hydrogen (secondary N) is 1. The van der Waals surface area contributed by atoms with Gasteiger partial charge >= 0.3 is 6.03 Å². The molecule has 1 N–H and O–H groups in total. The predicted molar refractivity (Wildman–Crippen MR) is 100 cm³/mol. The van der Waals surface area contributed by atoms with E-state index in [1.54, 1.807) is 0 Å². The minimum Gasteiger partial charge on any atom is -0.338 e. The smallest absolute Gasteiger partial charge is 0.317 e. The third-order valence-electron chi connectivity index (χ3n) is 5.57. The Hall–Kier alpha value is -1.62. The second-order valence-electron chi connectivity index (χ2n) is 7.85. The monoisotopic (exact) mass is 344 g/mol. The molecule has 0 spiro atoms. The van der Waals surface area contributed by atoms with E-state index in [1.165, 1.54) is 37.7 Å². The normalized spacial score (nSPS) is 21.7. The van der Waals surface area contributed by atoms with E-state index in [0.717, 1.165) is 39.1 Å². The molecular formula is C20H32N4O. The molecule has 2 heterocycles. The van der Waals surface area contributed by atoms with Crippen molar-refractivity contribution in [3.8, 4) is 0 Å². The zero-order valence-electron chi connectivity index (χ0n) is 15.5. The van der Waals surface area contributed by atoms with Crippen molar-refractivity contribution in [2.45, 2.75) is 45.1 Å². The molecule has 2 fully saturated rings. The van der Waals surface area contributed by atoms with Gasteiger partial charge in [0.25, 0.3) is 0 Å². The van der Waals surface area contributed by atoms with Gasteiger partial charge in [-0.1, -0.05) is 18.9 Å². The first-order chi connectivity index (χ1) is 12.2. The van der Waals surface area contributed by atoms with E-state index in [2.05, 4.69) is 28.3 Å². The van der Waals surface area contributed by atoms with E-state index in [-0.39, 0.29) is 6.03 Å². The van der Waals surface area contributed by atoms with E-state index in [4.69, 9.17) is 0 Å². The molecule has 0 aromatic carbocycles. The zero-order chi connectivity index (χ0) is 17.5. The summed E-state index contributed by atoms with van der Waals surface area (Å²) in [5, 5.41) is 3.17. The molecule has 1 saturated carbocycles. The van der Waals surface area contributed by atoms with E-state index in [9.17, 15) is 4.79 Å². The van der Waals surface area contributed by atoms with Crippen LogP contribution in [0.3, 0.4) is 0 Å². The molecule has 5 heteroatoms. The predicted octanol–water partition coefficient (Wildman–Crippen LogP) is 3.13. The minimum atomic E-state index is 0.145. The Kier molecular flexibility index (Phi) is 6.68. The van der Waals surface area contributed by atoms with Gasteiger partial charge in [0, 0.05) is 45.1 Å². The molecule has 3 rings (SSSR count). The first-order valence-corrected chi connectivity index (χ1v) is 9.81. The number of carbonyl (C=O) groups is 1.